The number of nitrogens with zero attached hydrogens (tertiary/aromatic N) is 2. The van der Waals surface area contributed by atoms with Crippen LogP contribution in [0.3, 0.4) is 0 Å². The molecule has 0 rings (SSSR count). The van der Waals surface area contributed by atoms with E-state index in [2.05, 4.69) is 115 Å². The monoisotopic (exact) mass is 934 g/mol. The van der Waals surface area contributed by atoms with E-state index < -0.39 is 17.1 Å². The standard InChI is InChI=1S/C56H113N2O4Si2/c1-10-14-18-22-26-30-34-40-51-59-63(8,60-52-41-35-31-27-23-19-15-11-2)55-44-38-47-57(5)48-46-50-58(6,7)49-39-45-56-64(9,61-53-42-36-32-28-24-20-16-12-3)62-54-43-37-33-29-25-21-17-13-4/h26-33H,10-25,34-56H2,1-9H3/q+1/b30-26-,31-27-,32-28-,33-29-. The average molecular weight is 935 g/mol. The second-order valence-corrected chi connectivity index (χ2v) is 26.7. The minimum absolute atomic E-state index is 0.824. The van der Waals surface area contributed by atoms with E-state index in [1.807, 2.05) is 0 Å². The highest BCUT2D eigenvalue weighted by atomic mass is 28.4. The molecule has 0 N–H and O–H groups in total. The molecule has 0 amide bonds. The van der Waals surface area contributed by atoms with Crippen molar-refractivity contribution >= 4 is 17.1 Å². The largest absolute Gasteiger partial charge is 0.394 e. The summed E-state index contributed by atoms with van der Waals surface area (Å²) in [5.74, 6) is 0. The summed E-state index contributed by atoms with van der Waals surface area (Å²) in [7, 11) is 2.77. The van der Waals surface area contributed by atoms with E-state index in [-0.39, 0.29) is 0 Å². The first-order valence-corrected chi connectivity index (χ1v) is 32.8. The summed E-state index contributed by atoms with van der Waals surface area (Å²) in [5.41, 5.74) is 0. The van der Waals surface area contributed by atoms with Gasteiger partial charge in [-0.15, -0.1) is 0 Å². The Labute approximate surface area is 403 Å². The normalized spacial score (nSPS) is 13.2. The highest BCUT2D eigenvalue weighted by molar-refractivity contribution is 6.66. The lowest BCUT2D eigenvalue weighted by molar-refractivity contribution is -0.890. The molecule has 0 radical (unpaired) electrons. The Bertz CT molecular complexity index is 1040. The molecule has 378 valence electrons. The summed E-state index contributed by atoms with van der Waals surface area (Å²) in [5, 5.41) is 0. The van der Waals surface area contributed by atoms with E-state index in [4.69, 9.17) is 17.7 Å². The lowest BCUT2D eigenvalue weighted by Crippen LogP contribution is -2.43. The lowest BCUT2D eigenvalue weighted by atomic mass is 10.2. The van der Waals surface area contributed by atoms with E-state index >= 15 is 0 Å². The molecular formula is C56H113N2O4Si2+. The molecule has 0 spiro atoms. The molecular weight excluding hydrogens is 821 g/mol. The topological polar surface area (TPSA) is 40.2 Å². The Hall–Kier alpha value is -0.846. The third-order valence-corrected chi connectivity index (χ3v) is 18.4. The van der Waals surface area contributed by atoms with Gasteiger partial charge in [0.1, 0.15) is 0 Å². The van der Waals surface area contributed by atoms with Gasteiger partial charge < -0.3 is 27.1 Å². The fraction of sp³-hybridized carbons (Fsp3) is 0.857. The first kappa shape index (κ1) is 63.2. The Morgan fingerprint density at radius 2 is 0.641 bits per heavy atom. The molecule has 8 heteroatoms. The first-order chi connectivity index (χ1) is 31.1. The Morgan fingerprint density at radius 3 is 0.969 bits per heavy atom. The maximum Gasteiger partial charge on any atom is 0.334 e. The van der Waals surface area contributed by atoms with Crippen LogP contribution in [-0.2, 0) is 17.7 Å². The summed E-state index contributed by atoms with van der Waals surface area (Å²) in [6, 6.07) is 2.19. The quantitative estimate of drug-likeness (QED) is 0.0263. The van der Waals surface area contributed by atoms with Crippen LogP contribution in [0.15, 0.2) is 48.6 Å². The van der Waals surface area contributed by atoms with Gasteiger partial charge in [-0.1, -0.05) is 134 Å². The van der Waals surface area contributed by atoms with E-state index in [1.54, 1.807) is 0 Å². The molecule has 0 bridgehead atoms. The second kappa shape index (κ2) is 45.9. The summed E-state index contributed by atoms with van der Waals surface area (Å²) >= 11 is 0. The zero-order valence-electron chi connectivity index (χ0n) is 44.7. The predicted molar refractivity (Wildman–Crippen MR) is 289 cm³/mol. The summed E-state index contributed by atoms with van der Waals surface area (Å²) in [6.45, 7) is 21.8. The van der Waals surface area contributed by atoms with Crippen molar-refractivity contribution in [2.45, 2.75) is 239 Å². The molecule has 0 aliphatic heterocycles. The van der Waals surface area contributed by atoms with Gasteiger partial charge in [-0.25, -0.2) is 0 Å². The van der Waals surface area contributed by atoms with Crippen LogP contribution in [0.25, 0.3) is 0 Å². The van der Waals surface area contributed by atoms with Crippen molar-refractivity contribution < 1.29 is 22.2 Å². The molecule has 6 nitrogen and oxygen atoms in total. The van der Waals surface area contributed by atoms with E-state index in [0.717, 1.165) is 107 Å². The van der Waals surface area contributed by atoms with Crippen LogP contribution < -0.4 is 0 Å². The lowest BCUT2D eigenvalue weighted by Gasteiger charge is -2.32. The highest BCUT2D eigenvalue weighted by Crippen LogP contribution is 2.21. The number of unbranched alkanes of at least 4 members (excludes halogenated alkanes) is 18. The van der Waals surface area contributed by atoms with Gasteiger partial charge in [0.05, 0.1) is 27.2 Å². The molecule has 0 aromatic heterocycles. The molecule has 0 aromatic carbocycles. The molecule has 0 saturated heterocycles. The summed E-state index contributed by atoms with van der Waals surface area (Å²) < 4.78 is 27.7. The zero-order chi connectivity index (χ0) is 47.1. The van der Waals surface area contributed by atoms with Gasteiger partial charge in [0.2, 0.25) is 0 Å². The first-order valence-electron chi connectivity index (χ1n) is 27.7. The van der Waals surface area contributed by atoms with Gasteiger partial charge in [-0.3, -0.25) is 0 Å². The van der Waals surface area contributed by atoms with Gasteiger partial charge >= 0.3 is 17.1 Å². The minimum Gasteiger partial charge on any atom is -0.394 e. The smallest absolute Gasteiger partial charge is 0.334 e. The molecule has 0 fully saturated rings. The molecule has 0 saturated carbocycles. The minimum atomic E-state index is -2.20. The Morgan fingerprint density at radius 1 is 0.359 bits per heavy atom. The van der Waals surface area contributed by atoms with Crippen LogP contribution in [0.4, 0.5) is 0 Å². The van der Waals surface area contributed by atoms with E-state index in [9.17, 15) is 0 Å². The molecule has 0 heterocycles. The van der Waals surface area contributed by atoms with Gasteiger partial charge in [-0.2, -0.15) is 0 Å². The second-order valence-electron chi connectivity index (χ2n) is 20.1. The number of allylic oxidation sites excluding steroid dienone is 8. The Balaban J connectivity index is 4.75. The van der Waals surface area contributed by atoms with Crippen LogP contribution in [0.5, 0.6) is 0 Å². The number of quaternary nitrogens is 1. The van der Waals surface area contributed by atoms with Crippen LogP contribution in [0, 0.1) is 0 Å². The molecule has 0 unspecified atom stereocenters. The van der Waals surface area contributed by atoms with E-state index in [1.165, 1.54) is 148 Å². The van der Waals surface area contributed by atoms with Crippen molar-refractivity contribution in [2.75, 3.05) is 73.7 Å². The van der Waals surface area contributed by atoms with Gasteiger partial charge in [0, 0.05) is 39.4 Å². The van der Waals surface area contributed by atoms with Gasteiger partial charge in [0.25, 0.3) is 0 Å². The number of rotatable bonds is 50. The van der Waals surface area contributed by atoms with Crippen LogP contribution >= 0.6 is 0 Å². The average Bonchev–Trinajstić information content (AvgIpc) is 3.27. The van der Waals surface area contributed by atoms with Crippen molar-refractivity contribution in [2.24, 2.45) is 0 Å². The van der Waals surface area contributed by atoms with Crippen molar-refractivity contribution in [3.8, 4) is 0 Å². The molecule has 0 aliphatic rings. The molecule has 64 heavy (non-hydrogen) atoms. The van der Waals surface area contributed by atoms with Crippen molar-refractivity contribution in [1.29, 1.82) is 0 Å². The Kier molecular flexibility index (Phi) is 45.3. The van der Waals surface area contributed by atoms with Crippen molar-refractivity contribution in [3.05, 3.63) is 48.6 Å². The fourth-order valence-corrected chi connectivity index (χ4v) is 13.0. The number of hydrogen-bond acceptors (Lipinski definition) is 5. The van der Waals surface area contributed by atoms with Crippen LogP contribution in [-0.4, -0.2) is 100 Å². The fourth-order valence-electron chi connectivity index (χ4n) is 8.13. The molecule has 0 atom stereocenters. The maximum absolute atomic E-state index is 6.65. The molecule has 0 aliphatic carbocycles. The van der Waals surface area contributed by atoms with Crippen LogP contribution in [0.1, 0.15) is 214 Å². The summed E-state index contributed by atoms with van der Waals surface area (Å²) in [4.78, 5) is 2.55. The highest BCUT2D eigenvalue weighted by Gasteiger charge is 2.32. The number of hydrogen-bond donors (Lipinski definition) is 0. The van der Waals surface area contributed by atoms with Crippen molar-refractivity contribution in [1.82, 2.24) is 4.90 Å². The van der Waals surface area contributed by atoms with E-state index in [0.29, 0.717) is 0 Å². The van der Waals surface area contributed by atoms with Crippen LogP contribution in [0.2, 0.25) is 25.2 Å². The third kappa shape index (κ3) is 43.7. The van der Waals surface area contributed by atoms with Crippen molar-refractivity contribution in [3.63, 3.8) is 0 Å². The molecule has 0 aromatic rings. The SMILES string of the molecule is CCCCC/C=C\CCCO[Si](C)(CCCCN(C)CCC[N+](C)(C)CCCC[Si](C)(OCCC/C=C\CCCCC)OCCC/C=C\CCCCC)OCCC/C=C\CCCCC. The predicted octanol–water partition coefficient (Wildman–Crippen LogP) is 16.8. The maximum atomic E-state index is 6.65. The van der Waals surface area contributed by atoms with Gasteiger partial charge in [0.15, 0.2) is 0 Å². The zero-order valence-corrected chi connectivity index (χ0v) is 46.7. The third-order valence-electron chi connectivity index (χ3n) is 12.6. The summed E-state index contributed by atoms with van der Waals surface area (Å²) in [6.07, 6.45) is 54.4. The van der Waals surface area contributed by atoms with Gasteiger partial charge in [-0.05, 0) is 161 Å².